The highest BCUT2D eigenvalue weighted by Gasteiger charge is 2.27. The summed E-state index contributed by atoms with van der Waals surface area (Å²) >= 11 is 0. The number of rotatable bonds is 0. The number of hydrogen-bond acceptors (Lipinski definition) is 3. The first-order valence-electron chi connectivity index (χ1n) is 4.01. The van der Waals surface area contributed by atoms with Crippen molar-refractivity contribution in [3.05, 3.63) is 0 Å². The summed E-state index contributed by atoms with van der Waals surface area (Å²) in [5.41, 5.74) is 0. The first-order chi connectivity index (χ1) is 5.63. The molecule has 2 atom stereocenters. The van der Waals surface area contributed by atoms with Crippen LogP contribution in [-0.4, -0.2) is 53.0 Å². The van der Waals surface area contributed by atoms with Crippen LogP contribution in [0.25, 0.3) is 0 Å². The minimum atomic E-state index is -0.967. The van der Waals surface area contributed by atoms with Crippen LogP contribution in [0, 0.1) is 0 Å². The number of aliphatic hydroxyl groups excluding tert-OH is 1. The Morgan fingerprint density at radius 3 is 2.92 bits per heavy atom. The smallest absolute Gasteiger partial charge is 0.407 e. The van der Waals surface area contributed by atoms with E-state index in [1.54, 1.807) is 6.92 Å². The van der Waals surface area contributed by atoms with Crippen molar-refractivity contribution in [2.75, 3.05) is 19.6 Å². The number of aliphatic hydroxyl groups is 1. The summed E-state index contributed by atoms with van der Waals surface area (Å²) in [5, 5.41) is 21.1. The van der Waals surface area contributed by atoms with Gasteiger partial charge in [0.05, 0.1) is 12.1 Å². The van der Waals surface area contributed by atoms with Gasteiger partial charge in [0.25, 0.3) is 0 Å². The highest BCUT2D eigenvalue weighted by Crippen LogP contribution is 2.06. The molecular formula is C7H14N2O3. The van der Waals surface area contributed by atoms with Gasteiger partial charge in [-0.1, -0.05) is 0 Å². The molecule has 0 aromatic carbocycles. The van der Waals surface area contributed by atoms with Crippen molar-refractivity contribution < 1.29 is 15.0 Å². The van der Waals surface area contributed by atoms with Crippen LogP contribution in [0.2, 0.25) is 0 Å². The topological polar surface area (TPSA) is 72.8 Å². The van der Waals surface area contributed by atoms with Crippen LogP contribution < -0.4 is 5.32 Å². The number of β-amino-alcohol motifs (C(OH)–C–C–N with tert-alkyl or cyclic N) is 1. The maximum Gasteiger partial charge on any atom is 0.407 e. The van der Waals surface area contributed by atoms with E-state index in [2.05, 4.69) is 5.32 Å². The van der Waals surface area contributed by atoms with E-state index < -0.39 is 12.2 Å². The molecular weight excluding hydrogens is 160 g/mol. The Kier molecular flexibility index (Phi) is 2.88. The van der Waals surface area contributed by atoms with Gasteiger partial charge in [-0.25, -0.2) is 4.79 Å². The molecule has 0 spiro atoms. The van der Waals surface area contributed by atoms with Crippen LogP contribution in [0.15, 0.2) is 0 Å². The Bertz CT molecular complexity index is 174. The Hall–Kier alpha value is -0.810. The number of hydrogen-bond donors (Lipinski definition) is 3. The van der Waals surface area contributed by atoms with Gasteiger partial charge in [0.1, 0.15) is 0 Å². The standard InChI is InChI=1S/C7H14N2O3/c1-5-6(10)4-8-2-3-9(5)7(11)12/h5-6,8,10H,2-4H2,1H3,(H,11,12)/t5-,6?/m1/s1. The average Bonchev–Trinajstić information content (AvgIpc) is 2.15. The van der Waals surface area contributed by atoms with Gasteiger partial charge in [-0.15, -0.1) is 0 Å². The molecule has 5 nitrogen and oxygen atoms in total. The van der Waals surface area contributed by atoms with Gasteiger partial charge < -0.3 is 20.4 Å². The molecule has 1 heterocycles. The molecule has 1 fully saturated rings. The number of amides is 1. The van der Waals surface area contributed by atoms with Crippen LogP contribution in [0.1, 0.15) is 6.92 Å². The minimum absolute atomic E-state index is 0.322. The second-order valence-electron chi connectivity index (χ2n) is 2.99. The van der Waals surface area contributed by atoms with Crippen LogP contribution in [-0.2, 0) is 0 Å². The zero-order valence-electron chi connectivity index (χ0n) is 7.03. The maximum atomic E-state index is 10.7. The predicted octanol–water partition coefficient (Wildman–Crippen LogP) is -0.681. The number of nitrogens with zero attached hydrogens (tertiary/aromatic N) is 1. The maximum absolute atomic E-state index is 10.7. The average molecular weight is 174 g/mol. The molecule has 1 amide bonds. The third-order valence-electron chi connectivity index (χ3n) is 2.18. The fourth-order valence-corrected chi connectivity index (χ4v) is 1.30. The zero-order chi connectivity index (χ0) is 9.14. The van der Waals surface area contributed by atoms with Gasteiger partial charge in [0.2, 0.25) is 0 Å². The van der Waals surface area contributed by atoms with Gasteiger partial charge in [-0.2, -0.15) is 0 Å². The largest absolute Gasteiger partial charge is 0.465 e. The Balaban J connectivity index is 2.64. The van der Waals surface area contributed by atoms with Crippen LogP contribution in [0.5, 0.6) is 0 Å². The van der Waals surface area contributed by atoms with Gasteiger partial charge in [0.15, 0.2) is 0 Å². The fourth-order valence-electron chi connectivity index (χ4n) is 1.30. The molecule has 1 aliphatic heterocycles. The molecule has 0 aromatic rings. The second kappa shape index (κ2) is 3.73. The van der Waals surface area contributed by atoms with Crippen LogP contribution >= 0.6 is 0 Å². The zero-order valence-corrected chi connectivity index (χ0v) is 7.03. The SMILES string of the molecule is C[C@@H]1C(O)CNCCN1C(=O)O. The van der Waals surface area contributed by atoms with Crippen LogP contribution in [0.4, 0.5) is 4.79 Å². The quantitative estimate of drug-likeness (QED) is 0.455. The second-order valence-corrected chi connectivity index (χ2v) is 2.99. The molecule has 3 N–H and O–H groups in total. The summed E-state index contributed by atoms with van der Waals surface area (Å²) < 4.78 is 0. The minimum Gasteiger partial charge on any atom is -0.465 e. The first-order valence-corrected chi connectivity index (χ1v) is 4.01. The molecule has 1 saturated heterocycles. The number of nitrogens with one attached hydrogen (secondary N) is 1. The lowest BCUT2D eigenvalue weighted by Crippen LogP contribution is -2.44. The summed E-state index contributed by atoms with van der Waals surface area (Å²) in [5.74, 6) is 0. The van der Waals surface area contributed by atoms with E-state index in [1.165, 1.54) is 4.90 Å². The van der Waals surface area contributed by atoms with E-state index in [-0.39, 0.29) is 6.04 Å². The molecule has 0 bridgehead atoms. The van der Waals surface area contributed by atoms with Crippen LogP contribution in [0.3, 0.4) is 0 Å². The van der Waals surface area contributed by atoms with Crippen molar-refractivity contribution in [2.45, 2.75) is 19.1 Å². The summed E-state index contributed by atoms with van der Waals surface area (Å²) in [6.45, 7) is 3.22. The van der Waals surface area contributed by atoms with E-state index in [4.69, 9.17) is 5.11 Å². The predicted molar refractivity (Wildman–Crippen MR) is 43.1 cm³/mol. The van der Waals surface area contributed by atoms with E-state index >= 15 is 0 Å². The van der Waals surface area contributed by atoms with Crippen molar-refractivity contribution in [2.24, 2.45) is 0 Å². The van der Waals surface area contributed by atoms with E-state index in [1.807, 2.05) is 0 Å². The third kappa shape index (κ3) is 1.86. The molecule has 1 aliphatic rings. The van der Waals surface area contributed by atoms with Crippen molar-refractivity contribution in [1.82, 2.24) is 10.2 Å². The normalized spacial score (nSPS) is 31.3. The Morgan fingerprint density at radius 1 is 1.67 bits per heavy atom. The lowest BCUT2D eigenvalue weighted by molar-refractivity contribution is 0.0701. The van der Waals surface area contributed by atoms with E-state index in [0.717, 1.165) is 0 Å². The van der Waals surface area contributed by atoms with Gasteiger partial charge in [0, 0.05) is 19.6 Å². The summed E-state index contributed by atoms with van der Waals surface area (Å²) in [6, 6.07) is -0.322. The van der Waals surface area contributed by atoms with Crippen molar-refractivity contribution in [3.8, 4) is 0 Å². The fraction of sp³-hybridized carbons (Fsp3) is 0.857. The summed E-state index contributed by atoms with van der Waals surface area (Å²) in [6.07, 6.45) is -1.58. The van der Waals surface area contributed by atoms with Gasteiger partial charge in [-0.05, 0) is 6.92 Å². The molecule has 0 aliphatic carbocycles. The molecule has 12 heavy (non-hydrogen) atoms. The number of carbonyl (C=O) groups is 1. The van der Waals surface area contributed by atoms with Crippen molar-refractivity contribution in [1.29, 1.82) is 0 Å². The lowest BCUT2D eigenvalue weighted by atomic mass is 10.2. The third-order valence-corrected chi connectivity index (χ3v) is 2.18. The van der Waals surface area contributed by atoms with Crippen molar-refractivity contribution in [3.63, 3.8) is 0 Å². The summed E-state index contributed by atoms with van der Waals surface area (Å²) in [4.78, 5) is 11.9. The molecule has 0 saturated carbocycles. The molecule has 70 valence electrons. The number of carboxylic acid groups (broad SMARTS) is 1. The lowest BCUT2D eigenvalue weighted by Gasteiger charge is -2.26. The Morgan fingerprint density at radius 2 is 2.33 bits per heavy atom. The van der Waals surface area contributed by atoms with Gasteiger partial charge >= 0.3 is 6.09 Å². The molecule has 0 radical (unpaired) electrons. The molecule has 5 heteroatoms. The molecule has 1 unspecified atom stereocenters. The monoisotopic (exact) mass is 174 g/mol. The molecule has 1 rings (SSSR count). The first kappa shape index (κ1) is 9.28. The Labute approximate surface area is 71.0 Å². The highest BCUT2D eigenvalue weighted by molar-refractivity contribution is 5.65. The summed E-state index contributed by atoms with van der Waals surface area (Å²) in [7, 11) is 0. The van der Waals surface area contributed by atoms with Crippen molar-refractivity contribution >= 4 is 6.09 Å². The molecule has 0 aromatic heterocycles. The van der Waals surface area contributed by atoms with E-state index in [9.17, 15) is 9.90 Å². The van der Waals surface area contributed by atoms with Gasteiger partial charge in [-0.3, -0.25) is 0 Å². The highest BCUT2D eigenvalue weighted by atomic mass is 16.4. The van der Waals surface area contributed by atoms with E-state index in [0.29, 0.717) is 19.6 Å².